The fourth-order valence-corrected chi connectivity index (χ4v) is 6.65. The molecule has 3 heterocycles. The molecule has 3 atom stereocenters. The van der Waals surface area contributed by atoms with E-state index in [1.54, 1.807) is 16.8 Å². The molecule has 0 radical (unpaired) electrons. The molecule has 0 bridgehead atoms. The number of likely N-dealkylation sites (tertiary alicyclic amines) is 1. The average molecular weight is 578 g/mol. The summed E-state index contributed by atoms with van der Waals surface area (Å²) in [5, 5.41) is 10.6. The van der Waals surface area contributed by atoms with Gasteiger partial charge < -0.3 is 30.3 Å². The Hall–Kier alpha value is -3.63. The molecule has 0 aromatic heterocycles. The minimum absolute atomic E-state index is 0.0387. The highest BCUT2D eigenvalue weighted by molar-refractivity contribution is 5.95. The van der Waals surface area contributed by atoms with E-state index in [4.69, 9.17) is 10.5 Å². The van der Waals surface area contributed by atoms with Crippen LogP contribution >= 0.6 is 0 Å². The van der Waals surface area contributed by atoms with Crippen LogP contribution in [0.15, 0.2) is 42.5 Å². The number of aliphatic carboxylic acids is 1. The van der Waals surface area contributed by atoms with E-state index in [-0.39, 0.29) is 24.4 Å². The standard InChI is InChI=1S/C32H43N5O5/c1-3-4-12-37(25-7-5-6-22(17-25)19-33)29(38)21-36-20-26(23-8-9-28-24(18-23)11-16-42-28)30(31(39)40)27(36)10-13-35-15-14-34(2)32(35)41/h5-9,17-18,26-27,30H,3-4,10-16,19-21,33H2,1-2H3,(H,39,40)/t26-,27+,30?/m1/s1. The van der Waals surface area contributed by atoms with Gasteiger partial charge in [-0.3, -0.25) is 14.5 Å². The Morgan fingerprint density at radius 1 is 1.17 bits per heavy atom. The van der Waals surface area contributed by atoms with Gasteiger partial charge in [-0.25, -0.2) is 4.79 Å². The van der Waals surface area contributed by atoms with E-state index < -0.39 is 17.9 Å². The molecular formula is C32H43N5O5. The number of benzene rings is 2. The summed E-state index contributed by atoms with van der Waals surface area (Å²) in [6, 6.07) is 13.3. The largest absolute Gasteiger partial charge is 0.493 e. The van der Waals surface area contributed by atoms with E-state index in [9.17, 15) is 19.5 Å². The minimum Gasteiger partial charge on any atom is -0.493 e. The van der Waals surface area contributed by atoms with Crippen molar-refractivity contribution in [3.8, 4) is 5.75 Å². The number of amides is 3. The lowest BCUT2D eigenvalue weighted by molar-refractivity contribution is -0.143. The van der Waals surface area contributed by atoms with Crippen molar-refractivity contribution in [1.29, 1.82) is 0 Å². The number of carboxylic acid groups (broad SMARTS) is 1. The number of nitrogens with two attached hydrogens (primary N) is 1. The molecule has 226 valence electrons. The fourth-order valence-electron chi connectivity index (χ4n) is 6.65. The summed E-state index contributed by atoms with van der Waals surface area (Å²) in [6.45, 7) is 5.96. The highest BCUT2D eigenvalue weighted by Crippen LogP contribution is 2.41. The smallest absolute Gasteiger partial charge is 0.319 e. The second-order valence-electron chi connectivity index (χ2n) is 11.7. The van der Waals surface area contributed by atoms with Crippen LogP contribution in [0.1, 0.15) is 48.8 Å². The van der Waals surface area contributed by atoms with Crippen LogP contribution in [-0.4, -0.2) is 96.7 Å². The van der Waals surface area contributed by atoms with Crippen molar-refractivity contribution in [2.24, 2.45) is 11.7 Å². The maximum absolute atomic E-state index is 14.0. The van der Waals surface area contributed by atoms with Crippen molar-refractivity contribution in [1.82, 2.24) is 14.7 Å². The number of rotatable bonds is 12. The third kappa shape index (κ3) is 6.24. The van der Waals surface area contributed by atoms with E-state index in [2.05, 4.69) is 13.0 Å². The molecule has 2 aromatic carbocycles. The summed E-state index contributed by atoms with van der Waals surface area (Å²) in [5.41, 5.74) is 9.71. The molecule has 3 aliphatic heterocycles. The normalized spacial score (nSPS) is 22.0. The molecule has 1 unspecified atom stereocenters. The highest BCUT2D eigenvalue weighted by atomic mass is 16.5. The zero-order chi connectivity index (χ0) is 29.8. The molecule has 2 aromatic rings. The summed E-state index contributed by atoms with van der Waals surface area (Å²) in [4.78, 5) is 46.8. The lowest BCUT2D eigenvalue weighted by atomic mass is 9.83. The zero-order valence-corrected chi connectivity index (χ0v) is 24.7. The second kappa shape index (κ2) is 13.1. The first-order chi connectivity index (χ1) is 20.3. The van der Waals surface area contributed by atoms with Gasteiger partial charge in [0.05, 0.1) is 19.1 Å². The number of anilines is 1. The molecule has 10 nitrogen and oxygen atoms in total. The number of hydrogen-bond acceptors (Lipinski definition) is 6. The molecule has 0 aliphatic carbocycles. The molecule has 0 spiro atoms. The minimum atomic E-state index is -0.875. The topological polar surface area (TPSA) is 120 Å². The Morgan fingerprint density at radius 2 is 2.00 bits per heavy atom. The number of hydrogen-bond donors (Lipinski definition) is 2. The van der Waals surface area contributed by atoms with Gasteiger partial charge in [-0.1, -0.05) is 37.6 Å². The average Bonchev–Trinajstić information content (AvgIpc) is 3.69. The summed E-state index contributed by atoms with van der Waals surface area (Å²) in [5.74, 6) is -1.08. The van der Waals surface area contributed by atoms with Crippen molar-refractivity contribution in [3.05, 3.63) is 59.2 Å². The first kappa shape index (κ1) is 29.8. The maximum Gasteiger partial charge on any atom is 0.319 e. The number of fused-ring (bicyclic) bond motifs is 1. The van der Waals surface area contributed by atoms with Crippen molar-refractivity contribution in [3.63, 3.8) is 0 Å². The lowest BCUT2D eigenvalue weighted by Gasteiger charge is -2.31. The predicted molar refractivity (Wildman–Crippen MR) is 161 cm³/mol. The number of carboxylic acids is 1. The lowest BCUT2D eigenvalue weighted by Crippen LogP contribution is -2.46. The molecular weight excluding hydrogens is 534 g/mol. The van der Waals surface area contributed by atoms with Gasteiger partial charge in [0.15, 0.2) is 0 Å². The van der Waals surface area contributed by atoms with Crippen LogP contribution < -0.4 is 15.4 Å². The number of likely N-dealkylation sites (N-methyl/N-ethyl adjacent to an activating group) is 1. The summed E-state index contributed by atoms with van der Waals surface area (Å²) < 4.78 is 5.69. The molecule has 0 saturated carbocycles. The number of unbranched alkanes of at least 4 members (excludes halogenated alkanes) is 1. The van der Waals surface area contributed by atoms with Crippen LogP contribution in [-0.2, 0) is 22.6 Å². The molecule has 3 amide bonds. The monoisotopic (exact) mass is 577 g/mol. The van der Waals surface area contributed by atoms with E-state index >= 15 is 0 Å². The van der Waals surface area contributed by atoms with Crippen LogP contribution in [0.2, 0.25) is 0 Å². The zero-order valence-electron chi connectivity index (χ0n) is 24.7. The van der Waals surface area contributed by atoms with Gasteiger partial charge in [-0.2, -0.15) is 0 Å². The van der Waals surface area contributed by atoms with Gasteiger partial charge in [-0.15, -0.1) is 0 Å². The van der Waals surface area contributed by atoms with Crippen LogP contribution in [0.25, 0.3) is 0 Å². The van der Waals surface area contributed by atoms with Crippen molar-refractivity contribution < 1.29 is 24.2 Å². The van der Waals surface area contributed by atoms with E-state index in [1.165, 1.54) is 0 Å². The van der Waals surface area contributed by atoms with Gasteiger partial charge in [0.25, 0.3) is 0 Å². The molecule has 3 N–H and O–H groups in total. The maximum atomic E-state index is 14.0. The van der Waals surface area contributed by atoms with Crippen LogP contribution in [0, 0.1) is 5.92 Å². The molecule has 2 saturated heterocycles. The van der Waals surface area contributed by atoms with Gasteiger partial charge in [-0.05, 0) is 47.7 Å². The predicted octanol–water partition coefficient (Wildman–Crippen LogP) is 3.14. The van der Waals surface area contributed by atoms with Crippen molar-refractivity contribution in [2.45, 2.75) is 51.1 Å². The number of nitrogens with zero attached hydrogens (tertiary/aromatic N) is 4. The summed E-state index contributed by atoms with van der Waals surface area (Å²) in [7, 11) is 1.78. The van der Waals surface area contributed by atoms with Gasteiger partial charge in [0, 0.05) is 70.4 Å². The fraction of sp³-hybridized carbons (Fsp3) is 0.531. The van der Waals surface area contributed by atoms with Gasteiger partial charge in [0.2, 0.25) is 5.91 Å². The highest BCUT2D eigenvalue weighted by Gasteiger charge is 2.47. The van der Waals surface area contributed by atoms with Crippen LogP contribution in [0.4, 0.5) is 10.5 Å². The van der Waals surface area contributed by atoms with E-state index in [1.807, 2.05) is 46.2 Å². The number of carbonyl (C=O) groups is 3. The van der Waals surface area contributed by atoms with E-state index in [0.29, 0.717) is 52.3 Å². The summed E-state index contributed by atoms with van der Waals surface area (Å²) >= 11 is 0. The Labute approximate surface area is 248 Å². The third-order valence-corrected chi connectivity index (χ3v) is 9.00. The van der Waals surface area contributed by atoms with Gasteiger partial charge in [0.1, 0.15) is 5.75 Å². The molecule has 2 fully saturated rings. The SMILES string of the molecule is CCCCN(C(=O)CN1C[C@H](c2ccc3c(c2)CCO3)C(C(=O)O)[C@@H]1CCN1CCN(C)C1=O)c1cccc(CN)c1. The number of carbonyl (C=O) groups excluding carboxylic acids is 2. The van der Waals surface area contributed by atoms with Crippen LogP contribution in [0.5, 0.6) is 5.75 Å². The Bertz CT molecular complexity index is 1300. The quantitative estimate of drug-likeness (QED) is 0.398. The number of ether oxygens (including phenoxy) is 1. The Kier molecular flexibility index (Phi) is 9.33. The van der Waals surface area contributed by atoms with Crippen molar-refractivity contribution in [2.75, 3.05) is 57.8 Å². The molecule has 10 heteroatoms. The molecule has 5 rings (SSSR count). The number of urea groups is 1. The Morgan fingerprint density at radius 3 is 2.71 bits per heavy atom. The van der Waals surface area contributed by atoms with Gasteiger partial charge >= 0.3 is 12.0 Å². The third-order valence-electron chi connectivity index (χ3n) is 9.00. The molecule has 3 aliphatic rings. The second-order valence-corrected chi connectivity index (χ2v) is 11.7. The Balaban J connectivity index is 1.43. The summed E-state index contributed by atoms with van der Waals surface area (Å²) in [6.07, 6.45) is 3.07. The van der Waals surface area contributed by atoms with E-state index in [0.717, 1.165) is 47.4 Å². The van der Waals surface area contributed by atoms with Crippen molar-refractivity contribution >= 4 is 23.6 Å². The first-order valence-corrected chi connectivity index (χ1v) is 15.1. The first-order valence-electron chi connectivity index (χ1n) is 15.1. The van der Waals surface area contributed by atoms with Crippen LogP contribution in [0.3, 0.4) is 0 Å². The molecule has 42 heavy (non-hydrogen) atoms.